The van der Waals surface area contributed by atoms with E-state index in [0.29, 0.717) is 0 Å². The maximum atomic E-state index is 8.81. The molecule has 1 aliphatic rings. The lowest BCUT2D eigenvalue weighted by atomic mass is 10.1. The molecule has 1 aromatic heterocycles. The fourth-order valence-electron chi connectivity index (χ4n) is 4.33. The Bertz CT molecular complexity index is 1310. The van der Waals surface area contributed by atoms with E-state index in [1.807, 2.05) is 62.4 Å². The van der Waals surface area contributed by atoms with Crippen molar-refractivity contribution in [3.8, 4) is 0 Å². The number of nitrogens with zero attached hydrogens (tertiary/aromatic N) is 2. The Hall–Kier alpha value is -2.94. The van der Waals surface area contributed by atoms with Crippen LogP contribution >= 0.6 is 0 Å². The first kappa shape index (κ1) is 12.4. The highest BCUT2D eigenvalue weighted by Crippen LogP contribution is 2.48. The summed E-state index contributed by atoms with van der Waals surface area (Å²) in [7, 11) is 0. The van der Waals surface area contributed by atoms with Crippen LogP contribution in [0.5, 0.6) is 0 Å². The fraction of sp³-hybridized carbons (Fsp3) is 0.250. The molecular formula is C24H24N2O. The lowest BCUT2D eigenvalue weighted by Crippen LogP contribution is -2.42. The lowest BCUT2D eigenvalue weighted by molar-refractivity contribution is 0.603. The van der Waals surface area contributed by atoms with Gasteiger partial charge in [0.2, 0.25) is 0 Å². The van der Waals surface area contributed by atoms with Crippen molar-refractivity contribution in [2.45, 2.75) is 39.8 Å². The first-order chi connectivity index (χ1) is 14.6. The van der Waals surface area contributed by atoms with Crippen LogP contribution in [0.25, 0.3) is 21.9 Å². The maximum Gasteiger partial charge on any atom is 0.159 e. The highest BCUT2D eigenvalue weighted by Gasteiger charge is 2.37. The topological polar surface area (TPSA) is 19.6 Å². The van der Waals surface area contributed by atoms with Gasteiger partial charge < -0.3 is 14.2 Å². The quantitative estimate of drug-likeness (QED) is 0.401. The Labute approximate surface area is 165 Å². The van der Waals surface area contributed by atoms with Crippen molar-refractivity contribution in [3.63, 3.8) is 0 Å². The van der Waals surface area contributed by atoms with E-state index in [0.717, 1.165) is 44.6 Å². The minimum absolute atomic E-state index is 0.391. The van der Waals surface area contributed by atoms with E-state index in [1.54, 1.807) is 4.90 Å². The number of furan rings is 1. The predicted molar refractivity (Wildman–Crippen MR) is 114 cm³/mol. The van der Waals surface area contributed by atoms with E-state index in [9.17, 15) is 0 Å². The third-order valence-corrected chi connectivity index (χ3v) is 5.47. The molecule has 1 unspecified atom stereocenters. The van der Waals surface area contributed by atoms with Crippen molar-refractivity contribution in [2.75, 3.05) is 9.80 Å². The van der Waals surface area contributed by atoms with Crippen LogP contribution < -0.4 is 9.80 Å². The molecule has 3 nitrogen and oxygen atoms in total. The molecule has 136 valence electrons. The molecule has 0 radical (unpaired) electrons. The number of fused-ring (bicyclic) bond motifs is 4. The monoisotopic (exact) mass is 360 g/mol. The predicted octanol–water partition coefficient (Wildman–Crippen LogP) is 6.61. The summed E-state index contributed by atoms with van der Waals surface area (Å²) in [4.78, 5) is 3.80. The van der Waals surface area contributed by atoms with E-state index in [2.05, 4.69) is 17.0 Å². The van der Waals surface area contributed by atoms with Gasteiger partial charge in [0.25, 0.3) is 0 Å². The summed E-state index contributed by atoms with van der Waals surface area (Å²) in [5.74, 6) is 0. The van der Waals surface area contributed by atoms with Gasteiger partial charge >= 0.3 is 0 Å². The second kappa shape index (κ2) is 5.78. The molecule has 0 amide bonds. The van der Waals surface area contributed by atoms with Crippen LogP contribution in [0, 0.1) is 6.92 Å². The van der Waals surface area contributed by atoms with Gasteiger partial charge in [0.05, 0.1) is 18.4 Å². The molecule has 0 fully saturated rings. The Balaban J connectivity index is 1.79. The van der Waals surface area contributed by atoms with Gasteiger partial charge in [-0.2, -0.15) is 0 Å². The average molecular weight is 360 g/mol. The number of aryl methyl sites for hydroxylation is 1. The molecule has 0 saturated carbocycles. The van der Waals surface area contributed by atoms with Gasteiger partial charge in [-0.15, -0.1) is 0 Å². The molecule has 5 rings (SSSR count). The molecule has 0 saturated heterocycles. The van der Waals surface area contributed by atoms with Crippen molar-refractivity contribution in [3.05, 3.63) is 66.2 Å². The van der Waals surface area contributed by atoms with Crippen molar-refractivity contribution >= 4 is 39.0 Å². The number of rotatable bonds is 2. The van der Waals surface area contributed by atoms with Crippen molar-refractivity contribution < 1.29 is 9.90 Å². The van der Waals surface area contributed by atoms with Crippen LogP contribution in [-0.4, -0.2) is 12.2 Å². The second-order valence-corrected chi connectivity index (χ2v) is 7.15. The molecular weight excluding hydrogens is 332 g/mol. The zero-order valence-corrected chi connectivity index (χ0v) is 15.7. The molecule has 1 aliphatic heterocycles. The summed E-state index contributed by atoms with van der Waals surface area (Å²) in [6.07, 6.45) is -0.391. The molecule has 3 aromatic carbocycles. The molecule has 2 heterocycles. The molecule has 3 heteroatoms. The Morgan fingerprint density at radius 2 is 1.74 bits per heavy atom. The Morgan fingerprint density at radius 1 is 1.00 bits per heavy atom. The first-order valence-electron chi connectivity index (χ1n) is 11.2. The van der Waals surface area contributed by atoms with Crippen LogP contribution in [-0.2, 0) is 0 Å². The van der Waals surface area contributed by atoms with E-state index >= 15 is 0 Å². The van der Waals surface area contributed by atoms with Crippen molar-refractivity contribution in [2.24, 2.45) is 0 Å². The largest absolute Gasteiger partial charge is 0.454 e. The van der Waals surface area contributed by atoms with E-state index in [1.165, 1.54) is 6.92 Å². The molecule has 27 heavy (non-hydrogen) atoms. The summed E-state index contributed by atoms with van der Waals surface area (Å²) in [5.41, 5.74) is 5.11. The number of para-hydroxylation sites is 3. The zero-order chi connectivity index (χ0) is 22.1. The molecule has 2 atom stereocenters. The van der Waals surface area contributed by atoms with Gasteiger partial charge in [-0.25, -0.2) is 0 Å². The van der Waals surface area contributed by atoms with Gasteiger partial charge in [-0.3, -0.25) is 0 Å². The number of hydrogen-bond acceptors (Lipinski definition) is 3. The molecule has 0 N–H and O–H groups in total. The smallest absolute Gasteiger partial charge is 0.159 e. The van der Waals surface area contributed by atoms with Gasteiger partial charge in [-0.1, -0.05) is 42.5 Å². The van der Waals surface area contributed by atoms with Crippen LogP contribution in [0.4, 0.5) is 17.1 Å². The van der Waals surface area contributed by atoms with Crippen LogP contribution in [0.1, 0.15) is 31.7 Å². The van der Waals surface area contributed by atoms with Crippen molar-refractivity contribution in [1.29, 1.82) is 0 Å². The third-order valence-electron chi connectivity index (χ3n) is 5.47. The lowest BCUT2D eigenvalue weighted by Gasteiger charge is -2.33. The summed E-state index contributed by atoms with van der Waals surface area (Å²) in [6.45, 7) is 2.96. The van der Waals surface area contributed by atoms with Gasteiger partial charge in [0.15, 0.2) is 5.58 Å². The van der Waals surface area contributed by atoms with Crippen molar-refractivity contribution in [1.82, 2.24) is 0 Å². The normalized spacial score (nSPS) is 21.5. The molecule has 0 aliphatic carbocycles. The molecule has 0 bridgehead atoms. The second-order valence-electron chi connectivity index (χ2n) is 7.15. The van der Waals surface area contributed by atoms with Gasteiger partial charge in [0, 0.05) is 20.9 Å². The van der Waals surface area contributed by atoms with E-state index in [4.69, 9.17) is 9.90 Å². The van der Waals surface area contributed by atoms with Gasteiger partial charge in [0.1, 0.15) is 11.7 Å². The fourth-order valence-corrected chi connectivity index (χ4v) is 4.33. The van der Waals surface area contributed by atoms with E-state index < -0.39 is 19.0 Å². The minimum Gasteiger partial charge on any atom is -0.454 e. The molecule has 4 aromatic rings. The maximum absolute atomic E-state index is 8.81. The van der Waals surface area contributed by atoms with Crippen LogP contribution in [0.2, 0.25) is 0 Å². The average Bonchev–Trinajstić information content (AvgIpc) is 3.22. The zero-order valence-electron chi connectivity index (χ0n) is 19.7. The first-order valence-corrected chi connectivity index (χ1v) is 9.21. The highest BCUT2D eigenvalue weighted by atomic mass is 16.3. The summed E-state index contributed by atoms with van der Waals surface area (Å²) in [5, 5.41) is 2.06. The number of anilines is 3. The van der Waals surface area contributed by atoms with Crippen LogP contribution in [0.3, 0.4) is 0 Å². The third kappa shape index (κ3) is 2.21. The van der Waals surface area contributed by atoms with Crippen LogP contribution in [0.15, 0.2) is 65.1 Å². The summed E-state index contributed by atoms with van der Waals surface area (Å²) in [6, 6.07) is 18.0. The number of benzene rings is 3. The number of hydrogen-bond donors (Lipinski definition) is 0. The summed E-state index contributed by atoms with van der Waals surface area (Å²) >= 11 is 0. The summed E-state index contributed by atoms with van der Waals surface area (Å²) < 4.78 is 39.2. The Kier molecular flexibility index (Phi) is 2.67. The minimum atomic E-state index is -2.48. The van der Waals surface area contributed by atoms with E-state index in [-0.39, 0.29) is 0 Å². The standard InChI is InChI=1S/C24H24N2O/c1-15(2)25-17(4)26(21-11-7-6-10-20(21)25)23-16(3)13-14-19-18-9-5-8-12-22(18)27-24(19)23/h5-15,17H,1-4H3/t17-/m1/s1/i1D3,15D/t15?,17-. The van der Waals surface area contributed by atoms with Gasteiger partial charge in [-0.05, 0) is 51.4 Å². The SMILES string of the molecule is [2H]C([2H])([2H])C([2H])(C)N1c2ccccc2N(c2c(C)ccc3c2oc2ccccc23)[C@@H]1C. The molecule has 0 spiro atoms. The Morgan fingerprint density at radius 3 is 2.56 bits per heavy atom. The highest BCUT2D eigenvalue weighted by molar-refractivity contribution is 6.10.